The lowest BCUT2D eigenvalue weighted by molar-refractivity contribution is 0.553. The molecule has 3 rings (SSSR count). The molecule has 0 aliphatic carbocycles. The van der Waals surface area contributed by atoms with Crippen LogP contribution < -0.4 is 10.0 Å². The summed E-state index contributed by atoms with van der Waals surface area (Å²) in [5.41, 5.74) is 1.72. The van der Waals surface area contributed by atoms with Crippen LogP contribution in [0.1, 0.15) is 26.5 Å². The molecule has 138 valence electrons. The van der Waals surface area contributed by atoms with E-state index in [4.69, 9.17) is 0 Å². The highest BCUT2D eigenvalue weighted by Crippen LogP contribution is 2.26. The number of hydrogen-bond acceptors (Lipinski definition) is 6. The number of nitrogens with zero attached hydrogens (tertiary/aromatic N) is 3. The minimum absolute atomic E-state index is 0.0445. The molecular weight excluding hydrogens is 370 g/mol. The summed E-state index contributed by atoms with van der Waals surface area (Å²) in [6, 6.07) is 8.55. The van der Waals surface area contributed by atoms with Crippen LogP contribution in [0.4, 0.5) is 16.6 Å². The van der Waals surface area contributed by atoms with Crippen molar-refractivity contribution in [3.05, 3.63) is 47.6 Å². The molecule has 0 spiro atoms. The average Bonchev–Trinajstić information content (AvgIpc) is 3.17. The van der Waals surface area contributed by atoms with Gasteiger partial charge < -0.3 is 5.32 Å². The number of hydrogen-bond donors (Lipinski definition) is 2. The standard InChI is InChI=1S/C17H21N5O2S2/c1-17(2,3)14-11-15(22(4)20-14)19-12-5-7-13(8-6-12)26(23,24)21-16-18-9-10-25-16/h5-11,19H,1-4H3,(H,18,21). The Hall–Kier alpha value is -2.39. The Labute approximate surface area is 157 Å². The molecule has 0 amide bonds. The smallest absolute Gasteiger partial charge is 0.263 e. The fourth-order valence-corrected chi connectivity index (χ4v) is 4.05. The molecule has 7 nitrogen and oxygen atoms in total. The molecule has 2 N–H and O–H groups in total. The molecule has 0 saturated carbocycles. The lowest BCUT2D eigenvalue weighted by Gasteiger charge is -2.13. The summed E-state index contributed by atoms with van der Waals surface area (Å²) >= 11 is 1.23. The number of rotatable bonds is 5. The van der Waals surface area contributed by atoms with Gasteiger partial charge in [0.2, 0.25) is 0 Å². The van der Waals surface area contributed by atoms with Crippen molar-refractivity contribution in [2.45, 2.75) is 31.1 Å². The first-order valence-corrected chi connectivity index (χ1v) is 10.4. The van der Waals surface area contributed by atoms with E-state index in [1.165, 1.54) is 11.3 Å². The molecule has 2 heterocycles. The van der Waals surface area contributed by atoms with E-state index in [2.05, 4.69) is 40.9 Å². The Balaban J connectivity index is 1.77. The Morgan fingerprint density at radius 1 is 1.15 bits per heavy atom. The SMILES string of the molecule is Cn1nc(C(C)(C)C)cc1Nc1ccc(S(=O)(=O)Nc2nccs2)cc1. The van der Waals surface area contributed by atoms with Crippen LogP contribution in [-0.2, 0) is 22.5 Å². The Morgan fingerprint density at radius 2 is 1.85 bits per heavy atom. The number of thiazole rings is 1. The van der Waals surface area contributed by atoms with Crippen molar-refractivity contribution in [2.75, 3.05) is 10.0 Å². The number of nitrogens with one attached hydrogen (secondary N) is 2. The number of benzene rings is 1. The number of aryl methyl sites for hydroxylation is 1. The largest absolute Gasteiger partial charge is 0.340 e. The van der Waals surface area contributed by atoms with E-state index in [-0.39, 0.29) is 10.3 Å². The zero-order valence-corrected chi connectivity index (χ0v) is 16.6. The van der Waals surface area contributed by atoms with Crippen LogP contribution in [0.3, 0.4) is 0 Å². The predicted molar refractivity (Wildman–Crippen MR) is 105 cm³/mol. The van der Waals surface area contributed by atoms with Crippen LogP contribution in [0, 0.1) is 0 Å². The second kappa shape index (κ2) is 6.73. The molecule has 0 bridgehead atoms. The van der Waals surface area contributed by atoms with E-state index >= 15 is 0 Å². The second-order valence-corrected chi connectivity index (χ2v) is 9.46. The van der Waals surface area contributed by atoms with E-state index in [0.29, 0.717) is 5.13 Å². The Bertz CT molecular complexity index is 985. The van der Waals surface area contributed by atoms with Gasteiger partial charge in [-0.1, -0.05) is 20.8 Å². The maximum atomic E-state index is 12.4. The van der Waals surface area contributed by atoms with Gasteiger partial charge in [0, 0.05) is 35.8 Å². The van der Waals surface area contributed by atoms with Gasteiger partial charge in [0.15, 0.2) is 5.13 Å². The van der Waals surface area contributed by atoms with Gasteiger partial charge in [-0.3, -0.25) is 9.40 Å². The van der Waals surface area contributed by atoms with Gasteiger partial charge in [0.25, 0.3) is 10.0 Å². The third-order valence-corrected chi connectivity index (χ3v) is 5.91. The molecule has 0 radical (unpaired) electrons. The first kappa shape index (κ1) is 18.4. The van der Waals surface area contributed by atoms with Crippen molar-refractivity contribution < 1.29 is 8.42 Å². The molecule has 0 unspecified atom stereocenters. The highest BCUT2D eigenvalue weighted by Gasteiger charge is 2.19. The van der Waals surface area contributed by atoms with Crippen molar-refractivity contribution in [1.82, 2.24) is 14.8 Å². The van der Waals surface area contributed by atoms with E-state index in [1.807, 2.05) is 13.1 Å². The summed E-state index contributed by atoms with van der Waals surface area (Å²) in [4.78, 5) is 4.12. The summed E-state index contributed by atoms with van der Waals surface area (Å²) < 4.78 is 28.9. The Morgan fingerprint density at radius 3 is 2.38 bits per heavy atom. The van der Waals surface area contributed by atoms with Crippen molar-refractivity contribution in [3.63, 3.8) is 0 Å². The van der Waals surface area contributed by atoms with Gasteiger partial charge in [0.1, 0.15) is 5.82 Å². The molecular formula is C17H21N5O2S2. The first-order valence-electron chi connectivity index (χ1n) is 7.99. The fourth-order valence-electron chi connectivity index (χ4n) is 2.26. The molecule has 3 aromatic rings. The second-order valence-electron chi connectivity index (χ2n) is 6.88. The van der Waals surface area contributed by atoms with Crippen LogP contribution in [0.15, 0.2) is 46.8 Å². The zero-order valence-electron chi connectivity index (χ0n) is 15.0. The van der Waals surface area contributed by atoms with E-state index in [1.54, 1.807) is 40.5 Å². The summed E-state index contributed by atoms with van der Waals surface area (Å²) in [5, 5.41) is 9.84. The number of aromatic nitrogens is 3. The van der Waals surface area contributed by atoms with Crippen molar-refractivity contribution in [1.29, 1.82) is 0 Å². The summed E-state index contributed by atoms with van der Waals surface area (Å²) in [6.07, 6.45) is 1.55. The van der Waals surface area contributed by atoms with Crippen LogP contribution in [0.5, 0.6) is 0 Å². The van der Waals surface area contributed by atoms with E-state index < -0.39 is 10.0 Å². The lowest BCUT2D eigenvalue weighted by atomic mass is 9.92. The quantitative estimate of drug-likeness (QED) is 0.692. The summed E-state index contributed by atoms with van der Waals surface area (Å²) in [5.74, 6) is 0.839. The molecule has 0 saturated heterocycles. The van der Waals surface area contributed by atoms with Gasteiger partial charge >= 0.3 is 0 Å². The summed E-state index contributed by atoms with van der Waals surface area (Å²) in [6.45, 7) is 6.32. The van der Waals surface area contributed by atoms with Crippen molar-refractivity contribution in [3.8, 4) is 0 Å². The minimum Gasteiger partial charge on any atom is -0.340 e. The normalized spacial score (nSPS) is 12.2. The molecule has 2 aromatic heterocycles. The molecule has 0 aliphatic heterocycles. The van der Waals surface area contributed by atoms with Gasteiger partial charge in [-0.05, 0) is 24.3 Å². The minimum atomic E-state index is -3.64. The van der Waals surface area contributed by atoms with Crippen molar-refractivity contribution in [2.24, 2.45) is 7.05 Å². The molecule has 0 aliphatic rings. The van der Waals surface area contributed by atoms with Gasteiger partial charge in [-0.2, -0.15) is 5.10 Å². The highest BCUT2D eigenvalue weighted by atomic mass is 32.2. The van der Waals surface area contributed by atoms with Crippen LogP contribution >= 0.6 is 11.3 Å². The van der Waals surface area contributed by atoms with E-state index in [9.17, 15) is 8.42 Å². The molecule has 26 heavy (non-hydrogen) atoms. The maximum absolute atomic E-state index is 12.4. The average molecular weight is 392 g/mol. The molecule has 0 atom stereocenters. The predicted octanol–water partition coefficient (Wildman–Crippen LogP) is 3.72. The molecule has 9 heteroatoms. The van der Waals surface area contributed by atoms with E-state index in [0.717, 1.165) is 17.2 Å². The number of anilines is 3. The van der Waals surface area contributed by atoms with Gasteiger partial charge in [-0.15, -0.1) is 11.3 Å². The highest BCUT2D eigenvalue weighted by molar-refractivity contribution is 7.93. The van der Waals surface area contributed by atoms with Crippen molar-refractivity contribution >= 4 is 38.0 Å². The van der Waals surface area contributed by atoms with Crippen LogP contribution in [0.25, 0.3) is 0 Å². The third kappa shape index (κ3) is 4.05. The monoisotopic (exact) mass is 391 g/mol. The molecule has 0 fully saturated rings. The van der Waals surface area contributed by atoms with Crippen LogP contribution in [-0.4, -0.2) is 23.2 Å². The topological polar surface area (TPSA) is 88.9 Å². The van der Waals surface area contributed by atoms with Crippen LogP contribution in [0.2, 0.25) is 0 Å². The lowest BCUT2D eigenvalue weighted by Crippen LogP contribution is -2.12. The van der Waals surface area contributed by atoms with Gasteiger partial charge in [0.05, 0.1) is 10.6 Å². The Kier molecular flexibility index (Phi) is 4.76. The van der Waals surface area contributed by atoms with Gasteiger partial charge in [-0.25, -0.2) is 13.4 Å². The third-order valence-electron chi connectivity index (χ3n) is 3.74. The summed E-state index contributed by atoms with van der Waals surface area (Å²) in [7, 11) is -1.77. The fraction of sp³-hybridized carbons (Fsp3) is 0.294. The first-order chi connectivity index (χ1) is 12.1. The zero-order chi connectivity index (χ0) is 18.9. The number of sulfonamides is 1. The maximum Gasteiger partial charge on any atom is 0.263 e. The molecule has 1 aromatic carbocycles.